The molecule has 0 aliphatic rings. The third kappa shape index (κ3) is 3.35. The summed E-state index contributed by atoms with van der Waals surface area (Å²) >= 11 is 0. The van der Waals surface area contributed by atoms with Crippen LogP contribution in [0.5, 0.6) is 0 Å². The minimum Gasteiger partial charge on any atom is -0.386 e. The van der Waals surface area contributed by atoms with E-state index in [2.05, 4.69) is 11.3 Å². The summed E-state index contributed by atoms with van der Waals surface area (Å²) in [7, 11) is 0. The standard InChI is InChI=1S/C8H10O3/c1-4-6(3)8(10)11-7(9)5-2/h4-5H,2H2,1,3H3. The van der Waals surface area contributed by atoms with E-state index in [4.69, 9.17) is 0 Å². The van der Waals surface area contributed by atoms with E-state index < -0.39 is 11.9 Å². The van der Waals surface area contributed by atoms with Crippen molar-refractivity contribution in [2.24, 2.45) is 0 Å². The van der Waals surface area contributed by atoms with Gasteiger partial charge in [0.15, 0.2) is 0 Å². The minimum atomic E-state index is -0.726. The molecule has 0 aromatic carbocycles. The predicted molar refractivity (Wildman–Crippen MR) is 40.7 cm³/mol. The minimum absolute atomic E-state index is 0.403. The van der Waals surface area contributed by atoms with E-state index >= 15 is 0 Å². The highest BCUT2D eigenvalue weighted by molar-refractivity contribution is 5.98. The molecular weight excluding hydrogens is 144 g/mol. The van der Waals surface area contributed by atoms with Crippen molar-refractivity contribution in [3.05, 3.63) is 24.3 Å². The first kappa shape index (κ1) is 9.62. The van der Waals surface area contributed by atoms with E-state index in [1.54, 1.807) is 19.9 Å². The molecule has 3 heteroatoms. The molecule has 0 saturated carbocycles. The lowest BCUT2D eigenvalue weighted by molar-refractivity contribution is -0.153. The summed E-state index contributed by atoms with van der Waals surface area (Å²) < 4.78 is 4.29. The van der Waals surface area contributed by atoms with Crippen molar-refractivity contribution in [3.63, 3.8) is 0 Å². The smallest absolute Gasteiger partial charge is 0.341 e. The van der Waals surface area contributed by atoms with Gasteiger partial charge in [-0.25, -0.2) is 9.59 Å². The Morgan fingerprint density at radius 2 is 2.00 bits per heavy atom. The fraction of sp³-hybridized carbons (Fsp3) is 0.250. The maximum atomic E-state index is 10.8. The van der Waals surface area contributed by atoms with Crippen LogP contribution in [0.4, 0.5) is 0 Å². The summed E-state index contributed by atoms with van der Waals surface area (Å²) in [5.41, 5.74) is 0.403. The molecule has 11 heavy (non-hydrogen) atoms. The summed E-state index contributed by atoms with van der Waals surface area (Å²) in [6.45, 7) is 6.41. The van der Waals surface area contributed by atoms with Gasteiger partial charge in [-0.3, -0.25) is 0 Å². The topological polar surface area (TPSA) is 43.4 Å². The first-order valence-electron chi connectivity index (χ1n) is 3.13. The first-order chi connectivity index (χ1) is 5.11. The summed E-state index contributed by atoms with van der Waals surface area (Å²) in [5.74, 6) is -1.35. The van der Waals surface area contributed by atoms with Crippen LogP contribution in [-0.4, -0.2) is 11.9 Å². The molecular formula is C8H10O3. The molecule has 0 aliphatic heterocycles. The fourth-order valence-electron chi connectivity index (χ4n) is 0.331. The Balaban J connectivity index is 4.09. The highest BCUT2D eigenvalue weighted by Gasteiger charge is 2.07. The molecule has 0 rings (SSSR count). The molecule has 0 atom stereocenters. The van der Waals surface area contributed by atoms with Crippen LogP contribution in [0.15, 0.2) is 24.3 Å². The quantitative estimate of drug-likeness (QED) is 0.341. The summed E-state index contributed by atoms with van der Waals surface area (Å²) in [5, 5.41) is 0. The second-order valence-electron chi connectivity index (χ2n) is 1.88. The molecule has 0 aromatic heterocycles. The van der Waals surface area contributed by atoms with Crippen molar-refractivity contribution in [1.82, 2.24) is 0 Å². The van der Waals surface area contributed by atoms with E-state index in [-0.39, 0.29) is 0 Å². The van der Waals surface area contributed by atoms with Gasteiger partial charge >= 0.3 is 11.9 Å². The fourth-order valence-corrected chi connectivity index (χ4v) is 0.331. The van der Waals surface area contributed by atoms with Gasteiger partial charge in [-0.1, -0.05) is 12.7 Å². The van der Waals surface area contributed by atoms with Gasteiger partial charge in [0.25, 0.3) is 0 Å². The highest BCUT2D eigenvalue weighted by Crippen LogP contribution is 1.95. The number of carbonyl (C=O) groups is 2. The van der Waals surface area contributed by atoms with Crippen LogP contribution in [0.2, 0.25) is 0 Å². The number of esters is 2. The van der Waals surface area contributed by atoms with Gasteiger partial charge in [0, 0.05) is 11.6 Å². The summed E-state index contributed by atoms with van der Waals surface area (Å²) in [6, 6.07) is 0. The average Bonchev–Trinajstić information content (AvgIpc) is 2.02. The van der Waals surface area contributed by atoms with Crippen molar-refractivity contribution < 1.29 is 14.3 Å². The van der Waals surface area contributed by atoms with Crippen molar-refractivity contribution >= 4 is 11.9 Å². The van der Waals surface area contributed by atoms with Crippen LogP contribution in [0.3, 0.4) is 0 Å². The number of ether oxygens (including phenoxy) is 1. The van der Waals surface area contributed by atoms with Gasteiger partial charge in [-0.15, -0.1) is 0 Å². The largest absolute Gasteiger partial charge is 0.386 e. The van der Waals surface area contributed by atoms with E-state index in [9.17, 15) is 9.59 Å². The average molecular weight is 154 g/mol. The molecule has 0 spiro atoms. The summed E-state index contributed by atoms with van der Waals surface area (Å²) in [4.78, 5) is 21.2. The van der Waals surface area contributed by atoms with Gasteiger partial charge < -0.3 is 4.74 Å². The van der Waals surface area contributed by atoms with Gasteiger partial charge in [-0.2, -0.15) is 0 Å². The predicted octanol–water partition coefficient (Wildman–Crippen LogP) is 1.21. The molecule has 0 unspecified atom stereocenters. The zero-order valence-corrected chi connectivity index (χ0v) is 6.59. The van der Waals surface area contributed by atoms with Crippen LogP contribution in [0, 0.1) is 0 Å². The Morgan fingerprint density at radius 3 is 2.36 bits per heavy atom. The second kappa shape index (κ2) is 4.44. The molecule has 3 nitrogen and oxygen atoms in total. The SMILES string of the molecule is C=CC(=O)OC(=O)C(C)=CC. The molecule has 0 saturated heterocycles. The van der Waals surface area contributed by atoms with E-state index in [0.717, 1.165) is 6.08 Å². The van der Waals surface area contributed by atoms with E-state index in [1.165, 1.54) is 0 Å². The van der Waals surface area contributed by atoms with Gasteiger partial charge in [0.1, 0.15) is 0 Å². The molecule has 0 aliphatic carbocycles. The van der Waals surface area contributed by atoms with Crippen LogP contribution in [-0.2, 0) is 14.3 Å². The van der Waals surface area contributed by atoms with Gasteiger partial charge in [0.2, 0.25) is 0 Å². The number of rotatable bonds is 2. The Kier molecular flexibility index (Phi) is 3.88. The maximum absolute atomic E-state index is 10.8. The first-order valence-corrected chi connectivity index (χ1v) is 3.13. The lowest BCUT2D eigenvalue weighted by Gasteiger charge is -1.97. The Hall–Kier alpha value is -1.38. The molecule has 0 aromatic rings. The number of hydrogen-bond donors (Lipinski definition) is 0. The van der Waals surface area contributed by atoms with Crippen molar-refractivity contribution in [2.75, 3.05) is 0 Å². The molecule has 0 radical (unpaired) electrons. The molecule has 0 amide bonds. The number of hydrogen-bond acceptors (Lipinski definition) is 3. The van der Waals surface area contributed by atoms with E-state index in [0.29, 0.717) is 5.57 Å². The van der Waals surface area contributed by atoms with Crippen LogP contribution < -0.4 is 0 Å². The van der Waals surface area contributed by atoms with Gasteiger partial charge in [-0.05, 0) is 13.8 Å². The van der Waals surface area contributed by atoms with Gasteiger partial charge in [0.05, 0.1) is 0 Å². The second-order valence-corrected chi connectivity index (χ2v) is 1.88. The number of allylic oxidation sites excluding steroid dienone is 1. The monoisotopic (exact) mass is 154 g/mol. The van der Waals surface area contributed by atoms with Crippen LogP contribution in [0.25, 0.3) is 0 Å². The normalized spacial score (nSPS) is 10.5. The van der Waals surface area contributed by atoms with Crippen molar-refractivity contribution in [1.29, 1.82) is 0 Å². The van der Waals surface area contributed by atoms with E-state index in [1.807, 2.05) is 0 Å². The zero-order valence-electron chi connectivity index (χ0n) is 6.59. The van der Waals surface area contributed by atoms with Crippen LogP contribution in [0.1, 0.15) is 13.8 Å². The lowest BCUT2D eigenvalue weighted by atomic mass is 10.3. The Bertz CT molecular complexity index is 213. The molecule has 0 N–H and O–H groups in total. The molecule has 0 heterocycles. The van der Waals surface area contributed by atoms with Crippen LogP contribution >= 0.6 is 0 Å². The zero-order chi connectivity index (χ0) is 8.85. The maximum Gasteiger partial charge on any atom is 0.341 e. The Labute approximate surface area is 65.4 Å². The van der Waals surface area contributed by atoms with Crippen molar-refractivity contribution in [2.45, 2.75) is 13.8 Å². The third-order valence-corrected chi connectivity index (χ3v) is 1.11. The molecule has 60 valence electrons. The summed E-state index contributed by atoms with van der Waals surface area (Å²) in [6.07, 6.45) is 2.51. The van der Waals surface area contributed by atoms with Crippen molar-refractivity contribution in [3.8, 4) is 0 Å². The number of carbonyl (C=O) groups excluding carboxylic acids is 2. The lowest BCUT2D eigenvalue weighted by Crippen LogP contribution is -2.10. The third-order valence-electron chi connectivity index (χ3n) is 1.11. The molecule has 0 fully saturated rings. The molecule has 0 bridgehead atoms. The highest BCUT2D eigenvalue weighted by atomic mass is 16.6. The Morgan fingerprint density at radius 1 is 1.45 bits per heavy atom.